The lowest BCUT2D eigenvalue weighted by Crippen LogP contribution is -2.36. The van der Waals surface area contributed by atoms with Gasteiger partial charge in [-0.1, -0.05) is 40.7 Å². The molecule has 272 valence electrons. The highest BCUT2D eigenvalue weighted by molar-refractivity contribution is 5.75. The largest absolute Gasteiger partial charge is 0.496 e. The van der Waals surface area contributed by atoms with Gasteiger partial charge in [-0.2, -0.15) is 26.3 Å². The summed E-state index contributed by atoms with van der Waals surface area (Å²) in [6, 6.07) is 7.86. The summed E-state index contributed by atoms with van der Waals surface area (Å²) < 4.78 is 94.7. The van der Waals surface area contributed by atoms with Crippen LogP contribution < -0.4 is 14.5 Å². The number of methoxy groups -OCH3 is 1. The van der Waals surface area contributed by atoms with Gasteiger partial charge >= 0.3 is 12.4 Å². The first-order chi connectivity index (χ1) is 23.4. The van der Waals surface area contributed by atoms with Gasteiger partial charge in [0.05, 0.1) is 49.5 Å². The van der Waals surface area contributed by atoms with Gasteiger partial charge in [-0.3, -0.25) is 0 Å². The molecular weight excluding hydrogens is 658 g/mol. The van der Waals surface area contributed by atoms with Gasteiger partial charge < -0.3 is 19.3 Å². The van der Waals surface area contributed by atoms with E-state index >= 15 is 0 Å². The Morgan fingerprint density at radius 3 is 2.06 bits per heavy atom. The summed E-state index contributed by atoms with van der Waals surface area (Å²) in [6.07, 6.45) is -4.28. The zero-order chi connectivity index (χ0) is 36.4. The van der Waals surface area contributed by atoms with Crippen molar-refractivity contribution < 1.29 is 35.8 Å². The molecule has 0 amide bonds. The monoisotopic (exact) mass is 704 g/mol. The lowest BCUT2D eigenvalue weighted by molar-refractivity contribution is -0.143. The number of hydrogen-bond donors (Lipinski definition) is 0. The van der Waals surface area contributed by atoms with Crippen LogP contribution in [-0.4, -0.2) is 49.9 Å². The molecule has 0 spiro atoms. The second kappa shape index (κ2) is 14.8. The van der Waals surface area contributed by atoms with Crippen LogP contribution in [-0.2, 0) is 23.6 Å². The van der Waals surface area contributed by atoms with Crippen molar-refractivity contribution in [2.75, 3.05) is 49.8 Å². The Morgan fingerprint density at radius 2 is 1.52 bits per heavy atom. The Morgan fingerprint density at radius 1 is 0.900 bits per heavy atom. The van der Waals surface area contributed by atoms with E-state index in [2.05, 4.69) is 55.6 Å². The van der Waals surface area contributed by atoms with Gasteiger partial charge in [0.1, 0.15) is 5.75 Å². The number of ether oxygens (including phenoxy) is 2. The molecule has 1 unspecified atom stereocenters. The molecule has 1 fully saturated rings. The minimum Gasteiger partial charge on any atom is -0.496 e. The molecule has 3 aromatic rings. The Hall–Kier alpha value is -3.80. The molecule has 0 radical (unpaired) electrons. The summed E-state index contributed by atoms with van der Waals surface area (Å²) in [4.78, 5) is 13.0. The molecule has 50 heavy (non-hydrogen) atoms. The van der Waals surface area contributed by atoms with E-state index < -0.39 is 23.5 Å². The fourth-order valence-electron chi connectivity index (χ4n) is 6.78. The topological polar surface area (TPSA) is 50.7 Å². The first-order valence-corrected chi connectivity index (χ1v) is 17.0. The molecule has 1 aliphatic heterocycles. The standard InChI is InChI=1S/C38H46F6N4O2/c1-24(2)26-7-10-34(49-6)33(18-26)32-9-8-28(36(3,4)5)17-27(32)23-48(35-45-20-31(21-46-35)47-11-13-50-14-12-47)22-25-15-29(37(39,40)41)19-30(16-25)38(42,43)44/h7,10,15-16,18-21,24,28H,8-9,11-14,17,22-23H2,1-6H3. The molecule has 0 saturated carbocycles. The lowest BCUT2D eigenvalue weighted by atomic mass is 9.69. The number of nitrogens with zero attached hydrogens (tertiary/aromatic N) is 4. The average Bonchev–Trinajstić information content (AvgIpc) is 3.07. The highest BCUT2D eigenvalue weighted by atomic mass is 19.4. The molecule has 1 aromatic heterocycles. The SMILES string of the molecule is COc1ccc(C(C)C)cc1C1=C(CN(Cc2cc(C(F)(F)F)cc(C(F)(F)F)c2)c2ncc(N3CCOCC3)cn2)CC(C(C)(C)C)CC1. The molecule has 5 rings (SSSR count). The second-order valence-electron chi connectivity index (χ2n) is 14.6. The number of hydrogen-bond acceptors (Lipinski definition) is 6. The Kier molecular flexibility index (Phi) is 11.1. The van der Waals surface area contributed by atoms with Crippen LogP contribution in [0.4, 0.5) is 38.0 Å². The highest BCUT2D eigenvalue weighted by Crippen LogP contribution is 2.46. The van der Waals surface area contributed by atoms with Crippen molar-refractivity contribution >= 4 is 17.2 Å². The van der Waals surface area contributed by atoms with Crippen molar-refractivity contribution in [3.63, 3.8) is 0 Å². The average molecular weight is 705 g/mol. The fourth-order valence-corrected chi connectivity index (χ4v) is 6.78. The number of benzene rings is 2. The maximum absolute atomic E-state index is 13.9. The summed E-state index contributed by atoms with van der Waals surface area (Å²) in [5.74, 6) is 1.47. The minimum atomic E-state index is -4.96. The van der Waals surface area contributed by atoms with Gasteiger partial charge in [0.25, 0.3) is 0 Å². The number of halogens is 6. The van der Waals surface area contributed by atoms with Gasteiger partial charge in [-0.15, -0.1) is 0 Å². The van der Waals surface area contributed by atoms with Crippen LogP contribution in [0.25, 0.3) is 5.57 Å². The van der Waals surface area contributed by atoms with Crippen LogP contribution in [0.15, 0.2) is 54.4 Å². The van der Waals surface area contributed by atoms with Gasteiger partial charge in [0, 0.05) is 31.7 Å². The zero-order valence-corrected chi connectivity index (χ0v) is 29.5. The van der Waals surface area contributed by atoms with E-state index in [1.54, 1.807) is 24.4 Å². The molecular formula is C38H46F6N4O2. The van der Waals surface area contributed by atoms with E-state index in [0.29, 0.717) is 38.5 Å². The van der Waals surface area contributed by atoms with Crippen molar-refractivity contribution in [2.24, 2.45) is 11.3 Å². The number of anilines is 2. The van der Waals surface area contributed by atoms with E-state index in [-0.39, 0.29) is 47.9 Å². The molecule has 2 aliphatic rings. The number of rotatable bonds is 9. The molecule has 1 saturated heterocycles. The van der Waals surface area contributed by atoms with E-state index in [9.17, 15) is 26.3 Å². The third-order valence-electron chi connectivity index (χ3n) is 9.79. The predicted octanol–water partition coefficient (Wildman–Crippen LogP) is 9.79. The third kappa shape index (κ3) is 8.91. The van der Waals surface area contributed by atoms with Crippen LogP contribution in [0.3, 0.4) is 0 Å². The van der Waals surface area contributed by atoms with Gasteiger partial charge in [0.15, 0.2) is 0 Å². The zero-order valence-electron chi connectivity index (χ0n) is 29.5. The van der Waals surface area contributed by atoms with Gasteiger partial charge in [-0.25, -0.2) is 9.97 Å². The summed E-state index contributed by atoms with van der Waals surface area (Å²) >= 11 is 0. The second-order valence-corrected chi connectivity index (χ2v) is 14.6. The van der Waals surface area contributed by atoms with E-state index in [0.717, 1.165) is 52.9 Å². The smallest absolute Gasteiger partial charge is 0.416 e. The van der Waals surface area contributed by atoms with Gasteiger partial charge in [0.2, 0.25) is 5.95 Å². The van der Waals surface area contributed by atoms with Crippen molar-refractivity contribution in [3.8, 4) is 5.75 Å². The molecule has 6 nitrogen and oxygen atoms in total. The van der Waals surface area contributed by atoms with Crippen LogP contribution in [0.2, 0.25) is 0 Å². The maximum atomic E-state index is 13.9. The van der Waals surface area contributed by atoms with Crippen molar-refractivity contribution in [2.45, 2.75) is 78.7 Å². The fraction of sp³-hybridized carbons (Fsp3) is 0.526. The van der Waals surface area contributed by atoms with E-state index in [1.807, 2.05) is 12.1 Å². The molecule has 0 N–H and O–H groups in total. The van der Waals surface area contributed by atoms with Crippen LogP contribution in [0.1, 0.15) is 87.6 Å². The predicted molar refractivity (Wildman–Crippen MR) is 183 cm³/mol. The molecule has 12 heteroatoms. The number of morpholine rings is 1. The van der Waals surface area contributed by atoms with Gasteiger partial charge in [-0.05, 0) is 89.1 Å². The summed E-state index contributed by atoms with van der Waals surface area (Å²) in [6.45, 7) is 13.1. The van der Waals surface area contributed by atoms with Crippen molar-refractivity contribution in [3.05, 3.63) is 82.2 Å². The first-order valence-electron chi connectivity index (χ1n) is 17.0. The van der Waals surface area contributed by atoms with Crippen LogP contribution >= 0.6 is 0 Å². The highest BCUT2D eigenvalue weighted by Gasteiger charge is 2.38. The minimum absolute atomic E-state index is 0.0373. The van der Waals surface area contributed by atoms with Crippen molar-refractivity contribution in [1.29, 1.82) is 0 Å². The number of aromatic nitrogens is 2. The molecule has 0 bridgehead atoms. The molecule has 1 aliphatic carbocycles. The summed E-state index contributed by atoms with van der Waals surface area (Å²) in [5, 5.41) is 0. The lowest BCUT2D eigenvalue weighted by Gasteiger charge is -2.38. The Labute approximate surface area is 290 Å². The summed E-state index contributed by atoms with van der Waals surface area (Å²) in [7, 11) is 1.62. The van der Waals surface area contributed by atoms with Crippen molar-refractivity contribution in [1.82, 2.24) is 9.97 Å². The van der Waals surface area contributed by atoms with Crippen LogP contribution in [0.5, 0.6) is 5.75 Å². The Balaban J connectivity index is 1.64. The summed E-state index contributed by atoms with van der Waals surface area (Å²) in [5.41, 5.74) is 2.05. The molecule has 1 atom stereocenters. The van der Waals surface area contributed by atoms with Crippen LogP contribution in [0, 0.1) is 11.3 Å². The number of allylic oxidation sites excluding steroid dienone is 1. The molecule has 2 heterocycles. The Bertz CT molecular complexity index is 1620. The first kappa shape index (κ1) is 37.5. The van der Waals surface area contributed by atoms with E-state index in [1.165, 1.54) is 0 Å². The quantitative estimate of drug-likeness (QED) is 0.207. The maximum Gasteiger partial charge on any atom is 0.416 e. The normalized spacial score (nSPS) is 17.8. The van der Waals surface area contributed by atoms with E-state index in [4.69, 9.17) is 9.47 Å². The molecule has 2 aromatic carbocycles. The third-order valence-corrected chi connectivity index (χ3v) is 9.79. The number of alkyl halides is 6.